The van der Waals surface area contributed by atoms with Crippen LogP contribution in [0.2, 0.25) is 0 Å². The lowest BCUT2D eigenvalue weighted by atomic mass is 10.1. The van der Waals surface area contributed by atoms with Crippen molar-refractivity contribution in [2.24, 2.45) is 11.8 Å². The molecule has 1 N–H and O–H groups in total. The summed E-state index contributed by atoms with van der Waals surface area (Å²) in [4.78, 5) is 0. The predicted octanol–water partition coefficient (Wildman–Crippen LogP) is 3.71. The SMILES string of the molecule is CCCCCC(C#C/C=C\C[C@@H]1C[C@H]1CCO)OP. The van der Waals surface area contributed by atoms with Crippen LogP contribution in [0, 0.1) is 23.7 Å². The maximum atomic E-state index is 8.82. The Morgan fingerprint density at radius 1 is 1.42 bits per heavy atom. The minimum Gasteiger partial charge on any atom is -0.396 e. The van der Waals surface area contributed by atoms with Crippen LogP contribution in [0.1, 0.15) is 51.9 Å². The summed E-state index contributed by atoms with van der Waals surface area (Å²) < 4.78 is 5.27. The van der Waals surface area contributed by atoms with Crippen LogP contribution in [-0.2, 0) is 4.52 Å². The molecule has 1 aliphatic carbocycles. The van der Waals surface area contributed by atoms with Crippen molar-refractivity contribution in [2.45, 2.75) is 58.0 Å². The Kier molecular flexibility index (Phi) is 9.18. The first kappa shape index (κ1) is 16.7. The molecule has 1 saturated carbocycles. The van der Waals surface area contributed by atoms with Gasteiger partial charge in [-0.2, -0.15) is 0 Å². The molecule has 0 heterocycles. The third-order valence-electron chi connectivity index (χ3n) is 3.69. The van der Waals surface area contributed by atoms with Crippen molar-refractivity contribution in [2.75, 3.05) is 6.61 Å². The summed E-state index contributed by atoms with van der Waals surface area (Å²) in [5.41, 5.74) is 0. The average Bonchev–Trinajstić information content (AvgIpc) is 3.15. The van der Waals surface area contributed by atoms with Crippen molar-refractivity contribution >= 4 is 9.47 Å². The largest absolute Gasteiger partial charge is 0.396 e. The molecule has 0 saturated heterocycles. The first-order valence-corrected chi connectivity index (χ1v) is 7.91. The second-order valence-electron chi connectivity index (χ2n) is 5.32. The van der Waals surface area contributed by atoms with E-state index in [9.17, 15) is 0 Å². The maximum Gasteiger partial charge on any atom is 0.122 e. The minimum atomic E-state index is 0.0456. The average molecular weight is 282 g/mol. The number of hydrogen-bond acceptors (Lipinski definition) is 2. The summed E-state index contributed by atoms with van der Waals surface area (Å²) >= 11 is 0. The van der Waals surface area contributed by atoms with E-state index in [-0.39, 0.29) is 6.10 Å². The fraction of sp³-hybridized carbons (Fsp3) is 0.750. The second kappa shape index (κ2) is 10.4. The van der Waals surface area contributed by atoms with E-state index in [2.05, 4.69) is 34.3 Å². The summed E-state index contributed by atoms with van der Waals surface area (Å²) in [5.74, 6) is 7.74. The predicted molar refractivity (Wildman–Crippen MR) is 83.6 cm³/mol. The molecule has 0 aromatic heterocycles. The van der Waals surface area contributed by atoms with Gasteiger partial charge >= 0.3 is 0 Å². The molecule has 19 heavy (non-hydrogen) atoms. The van der Waals surface area contributed by atoms with Gasteiger partial charge in [0, 0.05) is 16.1 Å². The third kappa shape index (κ3) is 7.73. The molecule has 1 fully saturated rings. The van der Waals surface area contributed by atoms with Gasteiger partial charge in [-0.05, 0) is 50.0 Å². The van der Waals surface area contributed by atoms with Gasteiger partial charge in [-0.3, -0.25) is 0 Å². The first-order valence-electron chi connectivity index (χ1n) is 7.44. The van der Waals surface area contributed by atoms with Gasteiger partial charge in [-0.25, -0.2) is 0 Å². The fourth-order valence-corrected chi connectivity index (χ4v) is 2.52. The summed E-state index contributed by atoms with van der Waals surface area (Å²) in [6, 6.07) is 0. The smallest absolute Gasteiger partial charge is 0.122 e. The van der Waals surface area contributed by atoms with Gasteiger partial charge in [0.15, 0.2) is 0 Å². The quantitative estimate of drug-likeness (QED) is 0.397. The molecule has 3 heteroatoms. The Balaban J connectivity index is 2.14. The van der Waals surface area contributed by atoms with Crippen LogP contribution in [0.25, 0.3) is 0 Å². The van der Waals surface area contributed by atoms with E-state index in [1.165, 1.54) is 25.7 Å². The zero-order valence-electron chi connectivity index (χ0n) is 12.0. The van der Waals surface area contributed by atoms with Crippen LogP contribution in [0.3, 0.4) is 0 Å². The van der Waals surface area contributed by atoms with Crippen molar-refractivity contribution in [1.82, 2.24) is 0 Å². The van der Waals surface area contributed by atoms with Crippen LogP contribution in [0.15, 0.2) is 12.2 Å². The van der Waals surface area contributed by atoms with Gasteiger partial charge in [-0.1, -0.05) is 37.7 Å². The highest BCUT2D eigenvalue weighted by Crippen LogP contribution is 2.43. The minimum absolute atomic E-state index is 0.0456. The highest BCUT2D eigenvalue weighted by molar-refractivity contribution is 7.09. The zero-order chi connectivity index (χ0) is 13.9. The molecule has 0 bridgehead atoms. The zero-order valence-corrected chi connectivity index (χ0v) is 13.1. The number of hydrogen-bond donors (Lipinski definition) is 1. The van der Waals surface area contributed by atoms with Crippen molar-refractivity contribution in [3.8, 4) is 11.8 Å². The van der Waals surface area contributed by atoms with Gasteiger partial charge in [0.2, 0.25) is 0 Å². The Morgan fingerprint density at radius 2 is 2.26 bits per heavy atom. The molecule has 2 unspecified atom stereocenters. The highest BCUT2D eigenvalue weighted by Gasteiger charge is 2.34. The van der Waals surface area contributed by atoms with Crippen LogP contribution in [-0.4, -0.2) is 17.8 Å². The van der Waals surface area contributed by atoms with Gasteiger partial charge in [0.1, 0.15) is 6.10 Å². The lowest BCUT2D eigenvalue weighted by Gasteiger charge is -2.06. The Hall–Kier alpha value is -0.350. The van der Waals surface area contributed by atoms with E-state index in [1.807, 2.05) is 6.08 Å². The van der Waals surface area contributed by atoms with Gasteiger partial charge in [0.05, 0.1) is 0 Å². The van der Waals surface area contributed by atoms with Crippen LogP contribution in [0.5, 0.6) is 0 Å². The third-order valence-corrected chi connectivity index (χ3v) is 4.02. The molecule has 0 radical (unpaired) electrons. The number of aliphatic hydroxyl groups excluding tert-OH is 1. The first-order chi connectivity index (χ1) is 9.31. The number of allylic oxidation sites excluding steroid dienone is 2. The molecule has 0 aromatic rings. The standard InChI is InChI=1S/C16H27O2P/c1-2-3-5-9-16(18-19)10-7-4-6-8-14-13-15(14)11-12-17/h4,6,14-17H,2-3,5,8-9,11-13,19H2,1H3/b6-4-/t14-,15-,16?/m1/s1. The van der Waals surface area contributed by atoms with E-state index in [4.69, 9.17) is 9.63 Å². The second-order valence-corrected chi connectivity index (χ2v) is 5.59. The monoisotopic (exact) mass is 282 g/mol. The van der Waals surface area contributed by atoms with Gasteiger partial charge in [-0.15, -0.1) is 0 Å². The summed E-state index contributed by atoms with van der Waals surface area (Å²) in [7, 11) is 2.32. The molecule has 108 valence electrons. The Bertz CT molecular complexity index is 316. The molecular formula is C16H27O2P. The van der Waals surface area contributed by atoms with Gasteiger partial charge < -0.3 is 9.63 Å². The molecule has 0 aliphatic heterocycles. The van der Waals surface area contributed by atoms with Crippen molar-refractivity contribution in [3.05, 3.63) is 12.2 Å². The Labute approximate surface area is 120 Å². The highest BCUT2D eigenvalue weighted by atomic mass is 31.0. The molecule has 0 aromatic carbocycles. The van der Waals surface area contributed by atoms with Crippen molar-refractivity contribution < 1.29 is 9.63 Å². The van der Waals surface area contributed by atoms with E-state index < -0.39 is 0 Å². The van der Waals surface area contributed by atoms with Crippen molar-refractivity contribution in [1.29, 1.82) is 0 Å². The summed E-state index contributed by atoms with van der Waals surface area (Å²) in [6.45, 7) is 2.53. The lowest BCUT2D eigenvalue weighted by molar-refractivity contribution is 0.277. The van der Waals surface area contributed by atoms with Crippen LogP contribution in [0.4, 0.5) is 0 Å². The van der Waals surface area contributed by atoms with Crippen LogP contribution < -0.4 is 0 Å². The van der Waals surface area contributed by atoms with Crippen LogP contribution >= 0.6 is 9.47 Å². The van der Waals surface area contributed by atoms with E-state index >= 15 is 0 Å². The van der Waals surface area contributed by atoms with E-state index in [1.54, 1.807) is 0 Å². The normalized spacial score (nSPS) is 23.1. The lowest BCUT2D eigenvalue weighted by Crippen LogP contribution is -2.03. The summed E-state index contributed by atoms with van der Waals surface area (Å²) in [6.07, 6.45) is 12.1. The molecule has 1 rings (SSSR count). The molecule has 1 aliphatic rings. The number of aliphatic hydroxyl groups is 1. The van der Waals surface area contributed by atoms with E-state index in [0.29, 0.717) is 6.61 Å². The number of unbranched alkanes of at least 4 members (excludes halogenated alkanes) is 2. The maximum absolute atomic E-state index is 8.82. The summed E-state index contributed by atoms with van der Waals surface area (Å²) in [5, 5.41) is 8.82. The fourth-order valence-electron chi connectivity index (χ4n) is 2.32. The molecule has 4 atom stereocenters. The van der Waals surface area contributed by atoms with Crippen molar-refractivity contribution in [3.63, 3.8) is 0 Å². The Morgan fingerprint density at radius 3 is 2.95 bits per heavy atom. The molecule has 0 amide bonds. The number of rotatable bonds is 9. The van der Waals surface area contributed by atoms with Gasteiger partial charge in [0.25, 0.3) is 0 Å². The molecule has 2 nitrogen and oxygen atoms in total. The topological polar surface area (TPSA) is 29.5 Å². The molecular weight excluding hydrogens is 255 g/mol. The van der Waals surface area contributed by atoms with E-state index in [0.717, 1.165) is 31.1 Å². The molecule has 0 spiro atoms.